The van der Waals surface area contributed by atoms with Gasteiger partial charge in [-0.25, -0.2) is 4.98 Å². The molecule has 2 aromatic heterocycles. The van der Waals surface area contributed by atoms with E-state index in [1.165, 1.54) is 0 Å². The van der Waals surface area contributed by atoms with Gasteiger partial charge in [-0.15, -0.1) is 0 Å². The molecule has 8 nitrogen and oxygen atoms in total. The second-order valence-corrected chi connectivity index (χ2v) is 7.05. The zero-order valence-electron chi connectivity index (χ0n) is 16.0. The van der Waals surface area contributed by atoms with Gasteiger partial charge in [0.15, 0.2) is 5.82 Å². The molecule has 0 radical (unpaired) electrons. The molecule has 0 saturated carbocycles. The van der Waals surface area contributed by atoms with Crippen LogP contribution in [0.5, 0.6) is 11.5 Å². The molecule has 0 amide bonds. The van der Waals surface area contributed by atoms with Crippen LogP contribution in [0.3, 0.4) is 0 Å². The number of hydrogen-bond donors (Lipinski definition) is 1. The SMILES string of the molecule is COc1ccc(O)c(CN2CCC(c3noc(-c4cnc(C)cn4)n3)CC2)c1. The van der Waals surface area contributed by atoms with Crippen LogP contribution in [0.25, 0.3) is 11.6 Å². The summed E-state index contributed by atoms with van der Waals surface area (Å²) < 4.78 is 10.6. The quantitative estimate of drug-likeness (QED) is 0.720. The van der Waals surface area contributed by atoms with Crippen LogP contribution in [0.2, 0.25) is 0 Å². The second kappa shape index (κ2) is 7.93. The highest BCUT2D eigenvalue weighted by atomic mass is 16.5. The molecule has 0 atom stereocenters. The molecule has 1 aliphatic rings. The van der Waals surface area contributed by atoms with Gasteiger partial charge in [0, 0.05) is 24.2 Å². The van der Waals surface area contributed by atoms with Gasteiger partial charge in [0.25, 0.3) is 5.89 Å². The summed E-state index contributed by atoms with van der Waals surface area (Å²) in [4.78, 5) is 15.3. The Kier molecular flexibility index (Phi) is 5.21. The minimum atomic E-state index is 0.256. The van der Waals surface area contributed by atoms with Gasteiger partial charge < -0.3 is 14.4 Å². The number of piperidine rings is 1. The predicted octanol–water partition coefficient (Wildman–Crippen LogP) is 2.93. The number of benzene rings is 1. The first-order valence-electron chi connectivity index (χ1n) is 9.33. The van der Waals surface area contributed by atoms with Crippen molar-refractivity contribution >= 4 is 0 Å². The third-order valence-electron chi connectivity index (χ3n) is 5.08. The summed E-state index contributed by atoms with van der Waals surface area (Å²) in [5.41, 5.74) is 2.31. The van der Waals surface area contributed by atoms with Crippen LogP contribution in [0, 0.1) is 6.92 Å². The Balaban J connectivity index is 1.37. The third kappa shape index (κ3) is 3.96. The monoisotopic (exact) mass is 381 g/mol. The van der Waals surface area contributed by atoms with E-state index in [9.17, 15) is 5.11 Å². The molecule has 28 heavy (non-hydrogen) atoms. The van der Waals surface area contributed by atoms with E-state index in [-0.39, 0.29) is 5.92 Å². The molecule has 8 heteroatoms. The fraction of sp³-hybridized carbons (Fsp3) is 0.400. The molecule has 0 spiro atoms. The van der Waals surface area contributed by atoms with Gasteiger partial charge in [0.05, 0.1) is 19.0 Å². The van der Waals surface area contributed by atoms with E-state index in [2.05, 4.69) is 25.0 Å². The van der Waals surface area contributed by atoms with Gasteiger partial charge in [-0.05, 0) is 51.1 Å². The Bertz CT molecular complexity index is 933. The van der Waals surface area contributed by atoms with Gasteiger partial charge in [0.2, 0.25) is 0 Å². The number of hydrogen-bond acceptors (Lipinski definition) is 8. The molecule has 0 unspecified atom stereocenters. The van der Waals surface area contributed by atoms with Crippen molar-refractivity contribution < 1.29 is 14.4 Å². The first kappa shape index (κ1) is 18.4. The number of aromatic hydroxyl groups is 1. The Morgan fingerprint density at radius 1 is 1.21 bits per heavy atom. The summed E-state index contributed by atoms with van der Waals surface area (Å²) in [6, 6.07) is 5.32. The lowest BCUT2D eigenvalue weighted by Crippen LogP contribution is -2.32. The maximum absolute atomic E-state index is 10.1. The second-order valence-electron chi connectivity index (χ2n) is 7.05. The van der Waals surface area contributed by atoms with Crippen LogP contribution in [-0.2, 0) is 6.54 Å². The fourth-order valence-electron chi connectivity index (χ4n) is 3.41. The van der Waals surface area contributed by atoms with Crippen LogP contribution in [-0.4, -0.2) is 50.3 Å². The van der Waals surface area contributed by atoms with E-state index < -0.39 is 0 Å². The highest BCUT2D eigenvalue weighted by molar-refractivity contribution is 5.44. The van der Waals surface area contributed by atoms with E-state index >= 15 is 0 Å². The van der Waals surface area contributed by atoms with Crippen molar-refractivity contribution in [3.8, 4) is 23.1 Å². The topological polar surface area (TPSA) is 97.4 Å². The maximum atomic E-state index is 10.1. The van der Waals surface area contributed by atoms with Gasteiger partial charge in [-0.2, -0.15) is 4.98 Å². The number of phenols is 1. The average molecular weight is 381 g/mol. The molecule has 3 heterocycles. The van der Waals surface area contributed by atoms with Crippen LogP contribution < -0.4 is 4.74 Å². The Hall–Kier alpha value is -3.00. The Morgan fingerprint density at radius 3 is 2.75 bits per heavy atom. The zero-order chi connectivity index (χ0) is 19.5. The number of aromatic nitrogens is 4. The summed E-state index contributed by atoms with van der Waals surface area (Å²) in [7, 11) is 1.63. The minimum absolute atomic E-state index is 0.256. The van der Waals surface area contributed by atoms with Gasteiger partial charge in [-0.1, -0.05) is 5.16 Å². The third-order valence-corrected chi connectivity index (χ3v) is 5.08. The number of ether oxygens (including phenoxy) is 1. The maximum Gasteiger partial charge on any atom is 0.278 e. The number of nitrogens with zero attached hydrogens (tertiary/aromatic N) is 5. The largest absolute Gasteiger partial charge is 0.508 e. The van der Waals surface area contributed by atoms with Crippen LogP contribution in [0.1, 0.15) is 35.8 Å². The molecule has 0 bridgehead atoms. The summed E-state index contributed by atoms with van der Waals surface area (Å²) >= 11 is 0. The lowest BCUT2D eigenvalue weighted by atomic mass is 9.96. The highest BCUT2D eigenvalue weighted by Crippen LogP contribution is 2.30. The van der Waals surface area contributed by atoms with E-state index in [1.807, 2.05) is 13.0 Å². The standard InChI is InChI=1S/C20H23N5O3/c1-13-10-22-17(11-21-13)20-23-19(24-28-20)14-5-7-25(8-6-14)12-15-9-16(27-2)3-4-18(15)26/h3-4,9-11,14,26H,5-8,12H2,1-2H3. The van der Waals surface area contributed by atoms with Gasteiger partial charge >= 0.3 is 0 Å². The van der Waals surface area contributed by atoms with Crippen molar-refractivity contribution in [1.29, 1.82) is 0 Å². The van der Waals surface area contributed by atoms with Crippen molar-refractivity contribution in [2.75, 3.05) is 20.2 Å². The normalized spacial score (nSPS) is 15.6. The minimum Gasteiger partial charge on any atom is -0.508 e. The van der Waals surface area contributed by atoms with Crippen LogP contribution in [0.4, 0.5) is 0 Å². The summed E-state index contributed by atoms with van der Waals surface area (Å²) in [5, 5.41) is 14.2. The summed E-state index contributed by atoms with van der Waals surface area (Å²) in [6.07, 6.45) is 5.20. The molecule has 4 rings (SSSR count). The van der Waals surface area contributed by atoms with E-state index in [1.54, 1.807) is 31.6 Å². The smallest absolute Gasteiger partial charge is 0.278 e. The molecule has 1 fully saturated rings. The van der Waals surface area contributed by atoms with Crippen molar-refractivity contribution in [2.45, 2.75) is 32.2 Å². The predicted molar refractivity (Wildman–Crippen MR) is 102 cm³/mol. The lowest BCUT2D eigenvalue weighted by Gasteiger charge is -2.30. The number of likely N-dealkylation sites (tertiary alicyclic amines) is 1. The summed E-state index contributed by atoms with van der Waals surface area (Å²) in [5.74, 6) is 2.43. The first-order valence-corrected chi connectivity index (χ1v) is 9.33. The number of aryl methyl sites for hydroxylation is 1. The van der Waals surface area contributed by atoms with Crippen LogP contribution >= 0.6 is 0 Å². The number of rotatable bonds is 5. The fourth-order valence-corrected chi connectivity index (χ4v) is 3.41. The number of methoxy groups -OCH3 is 1. The summed E-state index contributed by atoms with van der Waals surface area (Å²) in [6.45, 7) is 4.37. The lowest BCUT2D eigenvalue weighted by molar-refractivity contribution is 0.198. The first-order chi connectivity index (χ1) is 13.6. The molecule has 0 aliphatic carbocycles. The van der Waals surface area contributed by atoms with E-state index in [0.29, 0.717) is 23.9 Å². The Morgan fingerprint density at radius 2 is 2.04 bits per heavy atom. The molecule has 1 N–H and O–H groups in total. The van der Waals surface area contributed by atoms with Crippen LogP contribution in [0.15, 0.2) is 35.1 Å². The molecule has 1 saturated heterocycles. The molecule has 3 aromatic rings. The van der Waals surface area contributed by atoms with Crippen molar-refractivity contribution in [1.82, 2.24) is 25.0 Å². The molecule has 146 valence electrons. The van der Waals surface area contributed by atoms with E-state index in [0.717, 1.165) is 48.8 Å². The van der Waals surface area contributed by atoms with E-state index in [4.69, 9.17) is 9.26 Å². The van der Waals surface area contributed by atoms with Gasteiger partial charge in [0.1, 0.15) is 17.2 Å². The number of phenolic OH excluding ortho intramolecular Hbond substituents is 1. The molecular formula is C20H23N5O3. The molecule has 1 aliphatic heterocycles. The average Bonchev–Trinajstić information content (AvgIpc) is 3.21. The van der Waals surface area contributed by atoms with Gasteiger partial charge in [-0.3, -0.25) is 9.88 Å². The van der Waals surface area contributed by atoms with Crippen molar-refractivity contribution in [2.24, 2.45) is 0 Å². The molecule has 1 aromatic carbocycles. The van der Waals surface area contributed by atoms with Crippen molar-refractivity contribution in [3.05, 3.63) is 47.7 Å². The molecular weight excluding hydrogens is 358 g/mol. The zero-order valence-corrected chi connectivity index (χ0v) is 16.0. The Labute approximate surface area is 163 Å². The van der Waals surface area contributed by atoms with Crippen molar-refractivity contribution in [3.63, 3.8) is 0 Å². The highest BCUT2D eigenvalue weighted by Gasteiger charge is 2.25.